The second-order valence-electron chi connectivity index (χ2n) is 4.06. The minimum absolute atomic E-state index is 0.160. The topological polar surface area (TPSA) is 81.6 Å². The molecule has 1 unspecified atom stereocenters. The van der Waals surface area contributed by atoms with E-state index in [1.807, 2.05) is 6.07 Å². The highest BCUT2D eigenvalue weighted by Gasteiger charge is 2.42. The van der Waals surface area contributed by atoms with E-state index in [1.54, 1.807) is 0 Å². The minimum atomic E-state index is -2.76. The van der Waals surface area contributed by atoms with Crippen molar-refractivity contribution in [2.24, 2.45) is 5.92 Å². The van der Waals surface area contributed by atoms with Crippen molar-refractivity contribution in [3.63, 3.8) is 0 Å². The number of rotatable bonds is 2. The molecule has 90 valence electrons. The molecule has 1 atom stereocenters. The van der Waals surface area contributed by atoms with E-state index in [0.29, 0.717) is 0 Å². The maximum absolute atomic E-state index is 12.9. The fourth-order valence-corrected chi connectivity index (χ4v) is 1.87. The molecule has 17 heavy (non-hydrogen) atoms. The number of carbonyl (C=O) groups is 1. The van der Waals surface area contributed by atoms with E-state index in [1.165, 1.54) is 6.20 Å². The molecule has 1 aromatic rings. The van der Waals surface area contributed by atoms with Crippen LogP contribution in [0.4, 0.5) is 14.6 Å². The van der Waals surface area contributed by atoms with Gasteiger partial charge in [-0.15, -0.1) is 0 Å². The third kappa shape index (κ3) is 2.41. The van der Waals surface area contributed by atoms with Crippen molar-refractivity contribution in [3.8, 4) is 6.07 Å². The number of nitrogens with one attached hydrogen (secondary N) is 2. The Morgan fingerprint density at radius 2 is 2.47 bits per heavy atom. The smallest absolute Gasteiger partial charge is 0.248 e. The summed E-state index contributed by atoms with van der Waals surface area (Å²) in [6.07, 6.45) is 0.724. The second kappa shape index (κ2) is 4.13. The normalized spacial score (nSPS) is 22.1. The lowest BCUT2D eigenvalue weighted by Gasteiger charge is -2.10. The molecule has 7 heteroatoms. The molecule has 1 aromatic heterocycles. The third-order valence-electron chi connectivity index (χ3n) is 2.78. The Bertz CT molecular complexity index is 477. The van der Waals surface area contributed by atoms with Gasteiger partial charge >= 0.3 is 0 Å². The molecular weight excluding hydrogens is 230 g/mol. The summed E-state index contributed by atoms with van der Waals surface area (Å²) < 4.78 is 25.9. The molecule has 0 saturated heterocycles. The first-order valence-corrected chi connectivity index (χ1v) is 5.14. The van der Waals surface area contributed by atoms with Crippen LogP contribution < -0.4 is 5.32 Å². The molecule has 1 amide bonds. The number of aromatic nitrogens is 2. The van der Waals surface area contributed by atoms with Crippen LogP contribution in [0.5, 0.6) is 0 Å². The van der Waals surface area contributed by atoms with Gasteiger partial charge in [-0.05, 0) is 6.42 Å². The molecule has 0 aliphatic heterocycles. The number of nitriles is 1. The molecule has 1 aliphatic rings. The van der Waals surface area contributed by atoms with Crippen LogP contribution in [-0.4, -0.2) is 22.0 Å². The van der Waals surface area contributed by atoms with Crippen LogP contribution >= 0.6 is 0 Å². The summed E-state index contributed by atoms with van der Waals surface area (Å²) >= 11 is 0. The van der Waals surface area contributed by atoms with Gasteiger partial charge in [0.15, 0.2) is 0 Å². The summed E-state index contributed by atoms with van der Waals surface area (Å²) in [6.45, 7) is 0. The van der Waals surface area contributed by atoms with E-state index in [4.69, 9.17) is 5.26 Å². The predicted octanol–water partition coefficient (Wildman–Crippen LogP) is 1.66. The van der Waals surface area contributed by atoms with Crippen LogP contribution in [0.3, 0.4) is 0 Å². The lowest BCUT2D eigenvalue weighted by Crippen LogP contribution is -2.23. The van der Waals surface area contributed by atoms with Gasteiger partial charge in [0.1, 0.15) is 17.5 Å². The molecule has 1 fully saturated rings. The highest BCUT2D eigenvalue weighted by molar-refractivity contribution is 5.92. The molecule has 5 nitrogen and oxygen atoms in total. The molecular formula is C10H10F2N4O. The van der Waals surface area contributed by atoms with Crippen molar-refractivity contribution in [2.75, 3.05) is 5.32 Å². The number of amides is 1. The SMILES string of the molecule is N#Cc1cn[nH]c1NC(=O)C1CCC(F)(F)C1. The maximum Gasteiger partial charge on any atom is 0.248 e. The molecule has 2 N–H and O–H groups in total. The van der Waals surface area contributed by atoms with Crippen molar-refractivity contribution in [2.45, 2.75) is 25.2 Å². The molecule has 1 heterocycles. The lowest BCUT2D eigenvalue weighted by molar-refractivity contribution is -0.120. The summed E-state index contributed by atoms with van der Waals surface area (Å²) in [5.41, 5.74) is 0.183. The molecule has 0 radical (unpaired) electrons. The summed E-state index contributed by atoms with van der Waals surface area (Å²) in [6, 6.07) is 1.83. The molecule has 0 aromatic carbocycles. The van der Waals surface area contributed by atoms with Gasteiger partial charge in [-0.3, -0.25) is 9.89 Å². The standard InChI is InChI=1S/C10H10F2N4O/c11-10(12)2-1-6(3-10)9(17)15-8-7(4-13)5-14-16-8/h5-6H,1-3H2,(H2,14,15,16,17). The zero-order chi connectivity index (χ0) is 12.5. The number of halogens is 2. The Morgan fingerprint density at radius 3 is 3.06 bits per heavy atom. The largest absolute Gasteiger partial charge is 0.310 e. The number of H-pyrrole nitrogens is 1. The van der Waals surface area contributed by atoms with Gasteiger partial charge < -0.3 is 5.32 Å². The van der Waals surface area contributed by atoms with Gasteiger partial charge in [0, 0.05) is 18.8 Å². The van der Waals surface area contributed by atoms with Crippen LogP contribution in [0.15, 0.2) is 6.20 Å². The summed E-state index contributed by atoms with van der Waals surface area (Å²) in [4.78, 5) is 11.7. The molecule has 0 spiro atoms. The van der Waals surface area contributed by atoms with E-state index in [9.17, 15) is 13.6 Å². The van der Waals surface area contributed by atoms with Crippen molar-refractivity contribution >= 4 is 11.7 Å². The average molecular weight is 240 g/mol. The Morgan fingerprint density at radius 1 is 1.71 bits per heavy atom. The Labute approximate surface area is 95.8 Å². The molecule has 1 saturated carbocycles. The van der Waals surface area contributed by atoms with Crippen molar-refractivity contribution in [3.05, 3.63) is 11.8 Å². The van der Waals surface area contributed by atoms with Gasteiger partial charge in [0.05, 0.1) is 6.20 Å². The van der Waals surface area contributed by atoms with E-state index in [2.05, 4.69) is 15.5 Å². The van der Waals surface area contributed by atoms with Crippen molar-refractivity contribution in [1.29, 1.82) is 5.26 Å². The Hall–Kier alpha value is -1.97. The van der Waals surface area contributed by atoms with Gasteiger partial charge in [0.2, 0.25) is 11.8 Å². The Balaban J connectivity index is 2.01. The number of aromatic amines is 1. The summed E-state index contributed by atoms with van der Waals surface area (Å²) in [5.74, 6) is -3.80. The van der Waals surface area contributed by atoms with E-state index in [-0.39, 0.29) is 24.2 Å². The van der Waals surface area contributed by atoms with Crippen molar-refractivity contribution in [1.82, 2.24) is 10.2 Å². The van der Waals surface area contributed by atoms with E-state index < -0.39 is 24.2 Å². The fourth-order valence-electron chi connectivity index (χ4n) is 1.87. The van der Waals surface area contributed by atoms with E-state index in [0.717, 1.165) is 0 Å². The predicted molar refractivity (Wildman–Crippen MR) is 54.2 cm³/mol. The van der Waals surface area contributed by atoms with Gasteiger partial charge in [-0.1, -0.05) is 0 Å². The lowest BCUT2D eigenvalue weighted by atomic mass is 10.1. The number of anilines is 1. The summed E-state index contributed by atoms with van der Waals surface area (Å²) in [7, 11) is 0. The van der Waals surface area contributed by atoms with Crippen molar-refractivity contribution < 1.29 is 13.6 Å². The zero-order valence-electron chi connectivity index (χ0n) is 8.83. The first-order valence-electron chi connectivity index (χ1n) is 5.14. The molecule has 2 rings (SSSR count). The number of hydrogen-bond donors (Lipinski definition) is 2. The minimum Gasteiger partial charge on any atom is -0.310 e. The quantitative estimate of drug-likeness (QED) is 0.824. The third-order valence-corrected chi connectivity index (χ3v) is 2.78. The van der Waals surface area contributed by atoms with Gasteiger partial charge in [0.25, 0.3) is 0 Å². The van der Waals surface area contributed by atoms with E-state index >= 15 is 0 Å². The van der Waals surface area contributed by atoms with Crippen LogP contribution in [0, 0.1) is 17.2 Å². The number of carbonyl (C=O) groups excluding carboxylic acids is 1. The van der Waals surface area contributed by atoms with Gasteiger partial charge in [-0.2, -0.15) is 10.4 Å². The molecule has 1 aliphatic carbocycles. The van der Waals surface area contributed by atoms with Crippen LogP contribution in [0.1, 0.15) is 24.8 Å². The maximum atomic E-state index is 12.9. The van der Waals surface area contributed by atoms with Crippen LogP contribution in [-0.2, 0) is 4.79 Å². The highest BCUT2D eigenvalue weighted by atomic mass is 19.3. The first-order chi connectivity index (χ1) is 8.02. The Kier molecular flexibility index (Phi) is 2.79. The number of alkyl halides is 2. The van der Waals surface area contributed by atoms with Gasteiger partial charge in [-0.25, -0.2) is 8.78 Å². The fraction of sp³-hybridized carbons (Fsp3) is 0.500. The molecule has 0 bridgehead atoms. The highest BCUT2D eigenvalue weighted by Crippen LogP contribution is 2.39. The average Bonchev–Trinajstić information content (AvgIpc) is 2.84. The number of nitrogens with zero attached hydrogens (tertiary/aromatic N) is 2. The second-order valence-corrected chi connectivity index (χ2v) is 4.06. The van der Waals surface area contributed by atoms with Crippen LogP contribution in [0.2, 0.25) is 0 Å². The zero-order valence-corrected chi connectivity index (χ0v) is 8.83. The first kappa shape index (κ1) is 11.5. The van der Waals surface area contributed by atoms with Crippen LogP contribution in [0.25, 0.3) is 0 Å². The summed E-state index contributed by atoms with van der Waals surface area (Å²) in [5, 5.41) is 17.1. The monoisotopic (exact) mass is 240 g/mol. The number of hydrogen-bond acceptors (Lipinski definition) is 3.